The highest BCUT2D eigenvalue weighted by molar-refractivity contribution is 6.76. The van der Waals surface area contributed by atoms with Gasteiger partial charge in [0.1, 0.15) is 12.5 Å². The van der Waals surface area contributed by atoms with Gasteiger partial charge in [0.25, 0.3) is 0 Å². The van der Waals surface area contributed by atoms with E-state index in [1.165, 1.54) is 6.07 Å². The molecule has 0 spiro atoms. The monoisotopic (exact) mass is 392 g/mol. The fourth-order valence-corrected chi connectivity index (χ4v) is 3.66. The molecule has 0 N–H and O–H groups in total. The number of halogens is 1. The molecule has 8 heteroatoms. The third-order valence-corrected chi connectivity index (χ3v) is 7.17. The molecule has 1 aliphatic rings. The summed E-state index contributed by atoms with van der Waals surface area (Å²) < 4.78 is 34.2. The number of ether oxygens (including phenoxy) is 1. The predicted molar refractivity (Wildman–Crippen MR) is 110 cm³/mol. The molecule has 148 valence electrons. The Morgan fingerprint density at radius 2 is 1.78 bits per heavy atom. The average molecular weight is 392 g/mol. The predicted octanol–water partition coefficient (Wildman–Crippen LogP) is 3.79. The van der Waals surface area contributed by atoms with E-state index in [2.05, 4.69) is 24.7 Å². The van der Waals surface area contributed by atoms with Gasteiger partial charge in [0.15, 0.2) is 0 Å². The maximum absolute atomic E-state index is 14.6. The Bertz CT molecular complexity index is 816. The van der Waals surface area contributed by atoms with Crippen LogP contribution < -0.4 is 5.46 Å². The lowest BCUT2D eigenvalue weighted by molar-refractivity contribution is 0.00578. The van der Waals surface area contributed by atoms with E-state index in [1.807, 2.05) is 33.8 Å². The summed E-state index contributed by atoms with van der Waals surface area (Å²) in [5, 5.41) is 4.77. The smallest absolute Gasteiger partial charge is 0.399 e. The first-order chi connectivity index (χ1) is 12.4. The van der Waals surface area contributed by atoms with Gasteiger partial charge in [0, 0.05) is 14.7 Å². The largest absolute Gasteiger partial charge is 0.495 e. The molecule has 0 unspecified atom stereocenters. The van der Waals surface area contributed by atoms with Gasteiger partial charge in [-0.05, 0) is 51.3 Å². The number of fused-ring (bicyclic) bond motifs is 1. The molecule has 0 radical (unpaired) electrons. The van der Waals surface area contributed by atoms with Crippen LogP contribution in [0.1, 0.15) is 27.7 Å². The van der Waals surface area contributed by atoms with Gasteiger partial charge >= 0.3 is 7.12 Å². The molecular weight excluding hydrogens is 362 g/mol. The fourth-order valence-electron chi connectivity index (χ4n) is 2.90. The molecule has 0 saturated carbocycles. The first-order valence-corrected chi connectivity index (χ1v) is 13.2. The summed E-state index contributed by atoms with van der Waals surface area (Å²) in [4.78, 5) is 0. The number of hydrogen-bond donors (Lipinski definition) is 0. The lowest BCUT2D eigenvalue weighted by Crippen LogP contribution is -2.41. The highest BCUT2D eigenvalue weighted by atomic mass is 28.3. The van der Waals surface area contributed by atoms with E-state index in [9.17, 15) is 4.39 Å². The topological polar surface area (TPSA) is 45.5 Å². The second kappa shape index (κ2) is 6.99. The molecule has 27 heavy (non-hydrogen) atoms. The van der Waals surface area contributed by atoms with Crippen molar-refractivity contribution in [1.82, 2.24) is 9.78 Å². The third-order valence-electron chi connectivity index (χ3n) is 5.47. The van der Waals surface area contributed by atoms with E-state index in [1.54, 1.807) is 10.9 Å². The molecule has 0 aliphatic carbocycles. The Hall–Kier alpha value is -1.22. The SMILES string of the molecule is CC1(C)OB(c2cc(F)c3cnn(COCC[Si](C)(C)C)c3c2)OC1(C)C. The fraction of sp³-hybridized carbons (Fsp3) is 0.632. The van der Waals surface area contributed by atoms with Crippen LogP contribution in [-0.2, 0) is 20.8 Å². The third kappa shape index (κ3) is 4.29. The van der Waals surface area contributed by atoms with Gasteiger partial charge in [-0.1, -0.05) is 19.6 Å². The zero-order chi connectivity index (χ0) is 20.0. The Morgan fingerprint density at radius 1 is 1.15 bits per heavy atom. The molecule has 2 aromatic rings. The van der Waals surface area contributed by atoms with Crippen molar-refractivity contribution in [2.45, 2.75) is 71.3 Å². The van der Waals surface area contributed by atoms with Crippen LogP contribution in [0.4, 0.5) is 4.39 Å². The van der Waals surface area contributed by atoms with Gasteiger partial charge in [-0.15, -0.1) is 0 Å². The maximum Gasteiger partial charge on any atom is 0.495 e. The molecule has 2 heterocycles. The summed E-state index contributed by atoms with van der Waals surface area (Å²) in [5.74, 6) is -0.328. The molecule has 1 aromatic carbocycles. The van der Waals surface area contributed by atoms with E-state index in [0.29, 0.717) is 29.7 Å². The number of rotatable bonds is 6. The van der Waals surface area contributed by atoms with Gasteiger partial charge in [0.05, 0.1) is 28.3 Å². The van der Waals surface area contributed by atoms with Crippen molar-refractivity contribution in [2.24, 2.45) is 0 Å². The zero-order valence-electron chi connectivity index (χ0n) is 17.4. The molecule has 3 rings (SSSR count). The summed E-state index contributed by atoms with van der Waals surface area (Å²) in [6.07, 6.45) is 1.54. The van der Waals surface area contributed by atoms with E-state index < -0.39 is 26.4 Å². The molecule has 0 bridgehead atoms. The van der Waals surface area contributed by atoms with Crippen molar-refractivity contribution in [2.75, 3.05) is 6.61 Å². The molecule has 5 nitrogen and oxygen atoms in total. The molecule has 1 fully saturated rings. The number of aromatic nitrogens is 2. The van der Waals surface area contributed by atoms with Crippen molar-refractivity contribution in [1.29, 1.82) is 0 Å². The van der Waals surface area contributed by atoms with Crippen LogP contribution in [0.5, 0.6) is 0 Å². The van der Waals surface area contributed by atoms with Gasteiger partial charge in [-0.3, -0.25) is 0 Å². The maximum atomic E-state index is 14.6. The standard InChI is InChI=1S/C19H30BFN2O3Si/c1-18(2)19(3,4)26-20(25-18)14-10-16(21)15-12-22-23(17(15)11-14)13-24-8-9-27(5,6)7/h10-12H,8-9,13H2,1-7H3. The number of benzene rings is 1. The first-order valence-electron chi connectivity index (χ1n) is 9.48. The normalized spacial score (nSPS) is 19.2. The van der Waals surface area contributed by atoms with Gasteiger partial charge in [-0.25, -0.2) is 9.07 Å². The lowest BCUT2D eigenvalue weighted by atomic mass is 9.78. The van der Waals surface area contributed by atoms with E-state index in [4.69, 9.17) is 14.0 Å². The van der Waals surface area contributed by atoms with Crippen molar-refractivity contribution < 1.29 is 18.4 Å². The van der Waals surface area contributed by atoms with Crippen LogP contribution >= 0.6 is 0 Å². The zero-order valence-corrected chi connectivity index (χ0v) is 18.4. The minimum Gasteiger partial charge on any atom is -0.399 e. The van der Waals surface area contributed by atoms with Gasteiger partial charge in [0.2, 0.25) is 0 Å². The molecule has 1 aliphatic heterocycles. The second-order valence-corrected chi connectivity index (χ2v) is 15.1. The van der Waals surface area contributed by atoms with Crippen LogP contribution in [0.3, 0.4) is 0 Å². The average Bonchev–Trinajstić information content (AvgIpc) is 3.02. The van der Waals surface area contributed by atoms with E-state index in [-0.39, 0.29) is 5.82 Å². The molecule has 1 saturated heterocycles. The Balaban J connectivity index is 1.81. The Kier molecular flexibility index (Phi) is 5.31. The van der Waals surface area contributed by atoms with Crippen LogP contribution in [-0.4, -0.2) is 42.8 Å². The summed E-state index contributed by atoms with van der Waals surface area (Å²) in [6, 6.07) is 4.44. The Morgan fingerprint density at radius 3 is 2.37 bits per heavy atom. The van der Waals surface area contributed by atoms with Crippen LogP contribution in [0.2, 0.25) is 25.7 Å². The van der Waals surface area contributed by atoms with Crippen molar-refractivity contribution >= 4 is 31.6 Å². The lowest BCUT2D eigenvalue weighted by Gasteiger charge is -2.32. The molecular formula is C19H30BFN2O3Si. The summed E-state index contributed by atoms with van der Waals surface area (Å²) in [7, 11) is -1.75. The highest BCUT2D eigenvalue weighted by Crippen LogP contribution is 2.36. The van der Waals surface area contributed by atoms with Crippen LogP contribution in [0.25, 0.3) is 10.9 Å². The summed E-state index contributed by atoms with van der Waals surface area (Å²) in [5.41, 5.74) is 0.405. The van der Waals surface area contributed by atoms with E-state index in [0.717, 1.165) is 6.04 Å². The van der Waals surface area contributed by atoms with Gasteiger partial charge in [-0.2, -0.15) is 5.10 Å². The quantitative estimate of drug-likeness (QED) is 0.554. The van der Waals surface area contributed by atoms with Crippen molar-refractivity contribution in [3.05, 3.63) is 24.1 Å². The van der Waals surface area contributed by atoms with Crippen LogP contribution in [0.15, 0.2) is 18.3 Å². The van der Waals surface area contributed by atoms with Crippen molar-refractivity contribution in [3.8, 4) is 0 Å². The Labute approximate surface area is 162 Å². The molecule has 0 amide bonds. The number of nitrogens with zero attached hydrogens (tertiary/aromatic N) is 2. The highest BCUT2D eigenvalue weighted by Gasteiger charge is 2.51. The van der Waals surface area contributed by atoms with Crippen molar-refractivity contribution in [3.63, 3.8) is 0 Å². The minimum absolute atomic E-state index is 0.306. The summed E-state index contributed by atoms with van der Waals surface area (Å²) in [6.45, 7) is 15.9. The number of hydrogen-bond acceptors (Lipinski definition) is 4. The first kappa shape index (κ1) is 20.5. The second-order valence-electron chi connectivity index (χ2n) is 9.52. The molecule has 1 aromatic heterocycles. The molecule has 0 atom stereocenters. The summed E-state index contributed by atoms with van der Waals surface area (Å²) >= 11 is 0. The minimum atomic E-state index is -1.14. The van der Waals surface area contributed by atoms with Gasteiger partial charge < -0.3 is 14.0 Å². The van der Waals surface area contributed by atoms with E-state index >= 15 is 0 Å². The van der Waals surface area contributed by atoms with Crippen LogP contribution in [0, 0.1) is 5.82 Å².